The van der Waals surface area contributed by atoms with Crippen LogP contribution in [0.15, 0.2) is 47.0 Å². The maximum absolute atomic E-state index is 13.1. The van der Waals surface area contributed by atoms with Gasteiger partial charge in [-0.15, -0.1) is 11.3 Å². The van der Waals surface area contributed by atoms with Crippen molar-refractivity contribution < 1.29 is 9.32 Å². The first-order chi connectivity index (χ1) is 14.2. The Morgan fingerprint density at radius 1 is 1.17 bits per heavy atom. The van der Waals surface area contributed by atoms with Gasteiger partial charge in [0, 0.05) is 11.4 Å². The van der Waals surface area contributed by atoms with E-state index in [1.165, 1.54) is 10.4 Å². The predicted molar refractivity (Wildman–Crippen MR) is 113 cm³/mol. The Morgan fingerprint density at radius 2 is 2.00 bits per heavy atom. The van der Waals surface area contributed by atoms with Crippen molar-refractivity contribution in [2.24, 2.45) is 17.8 Å². The van der Waals surface area contributed by atoms with Gasteiger partial charge < -0.3 is 9.84 Å². The normalized spacial score (nSPS) is 25.4. The molecular formula is C23H25N3O2S. The van der Waals surface area contributed by atoms with Gasteiger partial charge in [0.1, 0.15) is 0 Å². The number of rotatable bonds is 6. The van der Waals surface area contributed by atoms with Crippen molar-refractivity contribution >= 4 is 17.2 Å². The molecule has 2 fully saturated rings. The van der Waals surface area contributed by atoms with Crippen molar-refractivity contribution in [3.8, 4) is 10.7 Å². The molecule has 5 rings (SSSR count). The Labute approximate surface area is 174 Å². The highest BCUT2D eigenvalue weighted by atomic mass is 32.1. The van der Waals surface area contributed by atoms with Gasteiger partial charge in [-0.3, -0.25) is 4.79 Å². The van der Waals surface area contributed by atoms with E-state index in [1.54, 1.807) is 11.3 Å². The van der Waals surface area contributed by atoms with Crippen LogP contribution in [0.5, 0.6) is 0 Å². The molecule has 1 aromatic carbocycles. The minimum atomic E-state index is -0.0529. The van der Waals surface area contributed by atoms with Crippen molar-refractivity contribution in [2.75, 3.05) is 6.54 Å². The van der Waals surface area contributed by atoms with Gasteiger partial charge >= 0.3 is 0 Å². The number of thiophene rings is 1. The molecule has 6 heteroatoms. The van der Waals surface area contributed by atoms with Crippen LogP contribution in [0.4, 0.5) is 0 Å². The second-order valence-electron chi connectivity index (χ2n) is 8.28. The van der Waals surface area contributed by atoms with Crippen LogP contribution >= 0.6 is 11.3 Å². The lowest BCUT2D eigenvalue weighted by molar-refractivity contribution is -0.127. The molecule has 3 aromatic rings. The summed E-state index contributed by atoms with van der Waals surface area (Å²) in [5.41, 5.74) is 1.24. The smallest absolute Gasteiger partial charge is 0.231 e. The molecule has 2 heterocycles. The Hall–Kier alpha value is -2.47. The summed E-state index contributed by atoms with van der Waals surface area (Å²) in [7, 11) is 0. The van der Waals surface area contributed by atoms with Gasteiger partial charge in [0.25, 0.3) is 0 Å². The van der Waals surface area contributed by atoms with Crippen LogP contribution in [-0.2, 0) is 11.2 Å². The zero-order valence-electron chi connectivity index (χ0n) is 16.5. The first kappa shape index (κ1) is 18.6. The molecule has 1 N–H and O–H groups in total. The number of carbonyl (C=O) groups excluding carboxylic acids is 1. The second-order valence-corrected chi connectivity index (χ2v) is 9.57. The molecule has 2 bridgehead atoms. The molecule has 2 aromatic heterocycles. The molecular weight excluding hydrogens is 382 g/mol. The number of carbonyl (C=O) groups is 1. The summed E-state index contributed by atoms with van der Waals surface area (Å²) in [5.74, 6) is 2.33. The monoisotopic (exact) mass is 407 g/mol. The molecule has 2 saturated carbocycles. The van der Waals surface area contributed by atoms with Crippen LogP contribution in [-0.4, -0.2) is 22.6 Å². The van der Waals surface area contributed by atoms with Crippen molar-refractivity contribution in [1.29, 1.82) is 0 Å². The van der Waals surface area contributed by atoms with Crippen LogP contribution in [0, 0.1) is 24.7 Å². The van der Waals surface area contributed by atoms with Gasteiger partial charge in [-0.1, -0.05) is 35.5 Å². The summed E-state index contributed by atoms with van der Waals surface area (Å²) in [6.07, 6.45) is 4.22. The van der Waals surface area contributed by atoms with Crippen molar-refractivity contribution in [2.45, 2.75) is 38.5 Å². The fourth-order valence-electron chi connectivity index (χ4n) is 5.14. The van der Waals surface area contributed by atoms with E-state index >= 15 is 0 Å². The topological polar surface area (TPSA) is 68.0 Å². The Balaban J connectivity index is 1.30. The number of amides is 1. The number of nitrogens with zero attached hydrogens (tertiary/aromatic N) is 2. The van der Waals surface area contributed by atoms with Crippen molar-refractivity contribution in [3.05, 3.63) is 58.8 Å². The summed E-state index contributed by atoms with van der Waals surface area (Å²) < 4.78 is 5.68. The maximum atomic E-state index is 13.1. The lowest BCUT2D eigenvalue weighted by Crippen LogP contribution is -2.38. The average Bonchev–Trinajstić information content (AvgIpc) is 3.51. The molecule has 150 valence electrons. The highest BCUT2D eigenvalue weighted by Gasteiger charge is 2.53. The quantitative estimate of drug-likeness (QED) is 0.649. The summed E-state index contributed by atoms with van der Waals surface area (Å²) >= 11 is 1.66. The summed E-state index contributed by atoms with van der Waals surface area (Å²) in [6.45, 7) is 2.73. The van der Waals surface area contributed by atoms with E-state index in [0.29, 0.717) is 30.1 Å². The third-order valence-corrected chi connectivity index (χ3v) is 7.46. The molecule has 0 spiro atoms. The van der Waals surface area contributed by atoms with Gasteiger partial charge in [0.05, 0.1) is 16.7 Å². The second kappa shape index (κ2) is 7.75. The largest absolute Gasteiger partial charge is 0.356 e. The SMILES string of the molecule is Cc1ccc(-c2noc([C@H]3[C@@H]4CC[C@@H](C4)[C@@H]3C(=O)NCCc3ccccc3)n2)s1. The van der Waals surface area contributed by atoms with Gasteiger partial charge in [-0.05, 0) is 62.1 Å². The fraction of sp³-hybridized carbons (Fsp3) is 0.435. The van der Waals surface area contributed by atoms with Crippen LogP contribution in [0.25, 0.3) is 10.7 Å². The number of fused-ring (bicyclic) bond motifs is 2. The van der Waals surface area contributed by atoms with Crippen LogP contribution in [0.3, 0.4) is 0 Å². The first-order valence-corrected chi connectivity index (χ1v) is 11.2. The summed E-state index contributed by atoms with van der Waals surface area (Å²) in [6, 6.07) is 14.4. The zero-order chi connectivity index (χ0) is 19.8. The first-order valence-electron chi connectivity index (χ1n) is 10.4. The fourth-order valence-corrected chi connectivity index (χ4v) is 5.94. The lowest BCUT2D eigenvalue weighted by atomic mass is 9.78. The third kappa shape index (κ3) is 3.62. The number of nitrogens with one attached hydrogen (secondary N) is 1. The van der Waals surface area contributed by atoms with Gasteiger partial charge in [-0.25, -0.2) is 0 Å². The number of aryl methyl sites for hydroxylation is 1. The summed E-state index contributed by atoms with van der Waals surface area (Å²) in [5, 5.41) is 7.39. The lowest BCUT2D eigenvalue weighted by Gasteiger charge is -2.27. The summed E-state index contributed by atoms with van der Waals surface area (Å²) in [4.78, 5) is 20.0. The number of hydrogen-bond donors (Lipinski definition) is 1. The van der Waals surface area contributed by atoms with Gasteiger partial charge in [-0.2, -0.15) is 4.98 Å². The molecule has 2 aliphatic carbocycles. The minimum absolute atomic E-state index is 0.0489. The van der Waals surface area contributed by atoms with Gasteiger partial charge in [0.2, 0.25) is 17.6 Å². The molecule has 2 aliphatic rings. The van der Waals surface area contributed by atoms with Crippen LogP contribution in [0.1, 0.15) is 41.5 Å². The Morgan fingerprint density at radius 3 is 2.79 bits per heavy atom. The average molecular weight is 408 g/mol. The van der Waals surface area contributed by atoms with Crippen LogP contribution in [0.2, 0.25) is 0 Å². The minimum Gasteiger partial charge on any atom is -0.356 e. The van der Waals surface area contributed by atoms with Gasteiger partial charge in [0.15, 0.2) is 0 Å². The number of aromatic nitrogens is 2. The van der Waals surface area contributed by atoms with E-state index < -0.39 is 0 Å². The molecule has 5 nitrogen and oxygen atoms in total. The van der Waals surface area contributed by atoms with Crippen molar-refractivity contribution in [1.82, 2.24) is 15.5 Å². The maximum Gasteiger partial charge on any atom is 0.231 e. The molecule has 1 amide bonds. The van der Waals surface area contributed by atoms with E-state index in [-0.39, 0.29) is 17.7 Å². The number of hydrogen-bond acceptors (Lipinski definition) is 5. The highest BCUT2D eigenvalue weighted by molar-refractivity contribution is 7.15. The molecule has 0 unspecified atom stereocenters. The van der Waals surface area contributed by atoms with Crippen molar-refractivity contribution in [3.63, 3.8) is 0 Å². The van der Waals surface area contributed by atoms with E-state index in [1.807, 2.05) is 24.3 Å². The third-order valence-electron chi connectivity index (χ3n) is 6.46. The molecule has 0 saturated heterocycles. The van der Waals surface area contributed by atoms with E-state index in [9.17, 15) is 4.79 Å². The molecule has 4 atom stereocenters. The Bertz CT molecular complexity index is 996. The zero-order valence-corrected chi connectivity index (χ0v) is 17.3. The van der Waals surface area contributed by atoms with E-state index in [0.717, 1.165) is 30.6 Å². The van der Waals surface area contributed by atoms with Crippen LogP contribution < -0.4 is 5.32 Å². The standard InChI is InChI=1S/C23H25N3O2S/c1-14-7-10-18(29-14)21-25-23(28-26-21)20-17-9-8-16(13-17)19(20)22(27)24-12-11-15-5-3-2-4-6-15/h2-7,10,16-17,19-20H,8-9,11-13H2,1H3,(H,24,27)/t16-,17+,19-,20-/m0/s1. The molecule has 0 radical (unpaired) electrons. The molecule has 29 heavy (non-hydrogen) atoms. The van der Waals surface area contributed by atoms with E-state index in [2.05, 4.69) is 35.6 Å². The van der Waals surface area contributed by atoms with E-state index in [4.69, 9.17) is 9.51 Å². The predicted octanol–water partition coefficient (Wildman–Crippen LogP) is 4.60. The molecule has 0 aliphatic heterocycles. The number of benzene rings is 1. The highest BCUT2D eigenvalue weighted by Crippen LogP contribution is 2.56. The Kier molecular flexibility index (Phi) is 4.96.